The first-order chi connectivity index (χ1) is 10.1. The van der Waals surface area contributed by atoms with E-state index in [0.717, 1.165) is 30.0 Å². The van der Waals surface area contributed by atoms with Crippen LogP contribution < -0.4 is 5.32 Å². The number of nitrogens with zero attached hydrogens (tertiary/aromatic N) is 1. The van der Waals surface area contributed by atoms with Crippen LogP contribution in [0.25, 0.3) is 6.08 Å². The van der Waals surface area contributed by atoms with Crippen molar-refractivity contribution in [2.45, 2.75) is 44.6 Å². The van der Waals surface area contributed by atoms with E-state index in [0.29, 0.717) is 12.8 Å². The van der Waals surface area contributed by atoms with Gasteiger partial charge in [-0.05, 0) is 25.8 Å². The first-order valence-electron chi connectivity index (χ1n) is 7.06. The van der Waals surface area contributed by atoms with Crippen LogP contribution in [0.2, 0.25) is 0 Å². The number of ether oxygens (including phenoxy) is 1. The van der Waals surface area contributed by atoms with Gasteiger partial charge in [0, 0.05) is 11.5 Å². The highest BCUT2D eigenvalue weighted by Crippen LogP contribution is 2.29. The first-order valence-corrected chi connectivity index (χ1v) is 7.94. The maximum Gasteiger partial charge on any atom is 0.331 e. The molecule has 0 atom stereocenters. The molecule has 1 aromatic heterocycles. The summed E-state index contributed by atoms with van der Waals surface area (Å²) in [7, 11) is 1.36. The normalized spacial score (nSPS) is 17.6. The van der Waals surface area contributed by atoms with E-state index < -0.39 is 5.54 Å². The van der Waals surface area contributed by atoms with Crippen LogP contribution in [-0.2, 0) is 14.3 Å². The second-order valence-corrected chi connectivity index (χ2v) is 6.31. The molecule has 1 N–H and O–H groups in total. The number of methoxy groups -OCH3 is 1. The number of aryl methyl sites for hydroxylation is 1. The molecule has 0 unspecified atom stereocenters. The van der Waals surface area contributed by atoms with Gasteiger partial charge in [-0.15, -0.1) is 11.3 Å². The van der Waals surface area contributed by atoms with Crippen molar-refractivity contribution in [1.29, 1.82) is 0 Å². The number of nitrogens with one attached hydrogen (secondary N) is 1. The van der Waals surface area contributed by atoms with Crippen molar-refractivity contribution < 1.29 is 14.3 Å². The van der Waals surface area contributed by atoms with Crippen LogP contribution in [0.4, 0.5) is 0 Å². The van der Waals surface area contributed by atoms with Gasteiger partial charge < -0.3 is 10.1 Å². The number of carbonyl (C=O) groups excluding carboxylic acids is 2. The van der Waals surface area contributed by atoms with Crippen molar-refractivity contribution in [3.05, 3.63) is 22.2 Å². The fourth-order valence-electron chi connectivity index (χ4n) is 2.63. The summed E-state index contributed by atoms with van der Waals surface area (Å²) in [5.74, 6) is -0.638. The van der Waals surface area contributed by atoms with Gasteiger partial charge in [0.1, 0.15) is 5.54 Å². The molecule has 5 nitrogen and oxygen atoms in total. The molecular formula is C15H20N2O3S. The summed E-state index contributed by atoms with van der Waals surface area (Å²) in [5.41, 5.74) is -0.115. The zero-order valence-electron chi connectivity index (χ0n) is 12.3. The van der Waals surface area contributed by atoms with Crippen molar-refractivity contribution in [2.75, 3.05) is 7.11 Å². The Morgan fingerprint density at radius 1 is 1.38 bits per heavy atom. The molecule has 114 valence electrons. The Morgan fingerprint density at radius 2 is 2.10 bits per heavy atom. The highest BCUT2D eigenvalue weighted by molar-refractivity contribution is 7.09. The van der Waals surface area contributed by atoms with Gasteiger partial charge in [-0.2, -0.15) is 0 Å². The Hall–Kier alpha value is -1.69. The Labute approximate surface area is 128 Å². The minimum Gasteiger partial charge on any atom is -0.467 e. The fraction of sp³-hybridized carbons (Fsp3) is 0.533. The fourth-order valence-corrected chi connectivity index (χ4v) is 3.21. The second kappa shape index (κ2) is 6.85. The third-order valence-corrected chi connectivity index (χ3v) is 4.48. The Bertz CT molecular complexity index is 545. The molecule has 1 saturated carbocycles. The number of amides is 1. The number of esters is 1. The topological polar surface area (TPSA) is 68.3 Å². The summed E-state index contributed by atoms with van der Waals surface area (Å²) in [6.45, 7) is 1.91. The third kappa shape index (κ3) is 3.91. The Morgan fingerprint density at radius 3 is 2.67 bits per heavy atom. The molecule has 21 heavy (non-hydrogen) atoms. The first kappa shape index (κ1) is 15.7. The monoisotopic (exact) mass is 308 g/mol. The number of hydrogen-bond acceptors (Lipinski definition) is 5. The Balaban J connectivity index is 2.04. The van der Waals surface area contributed by atoms with E-state index in [-0.39, 0.29) is 11.9 Å². The lowest BCUT2D eigenvalue weighted by molar-refractivity contribution is -0.152. The van der Waals surface area contributed by atoms with Gasteiger partial charge in [0.05, 0.1) is 17.8 Å². The van der Waals surface area contributed by atoms with Crippen molar-refractivity contribution in [3.63, 3.8) is 0 Å². The molecule has 0 aliphatic heterocycles. The lowest BCUT2D eigenvalue weighted by Crippen LogP contribution is -2.55. The number of hydrogen-bond donors (Lipinski definition) is 1. The van der Waals surface area contributed by atoms with Crippen molar-refractivity contribution in [1.82, 2.24) is 10.3 Å². The maximum atomic E-state index is 12.1. The van der Waals surface area contributed by atoms with Crippen LogP contribution in [0.5, 0.6) is 0 Å². The summed E-state index contributed by atoms with van der Waals surface area (Å²) in [4.78, 5) is 28.4. The molecule has 2 rings (SSSR count). The maximum absolute atomic E-state index is 12.1. The molecule has 0 bridgehead atoms. The molecule has 0 radical (unpaired) electrons. The second-order valence-electron chi connectivity index (χ2n) is 5.25. The summed E-state index contributed by atoms with van der Waals surface area (Å²) in [5, 5.41) is 5.67. The molecule has 0 aromatic carbocycles. The molecule has 1 fully saturated rings. The SMILES string of the molecule is COC(=O)C1(NC(=O)/C=C/c2csc(C)n2)CCCCC1. The van der Waals surface area contributed by atoms with E-state index in [1.807, 2.05) is 12.3 Å². The molecule has 1 aliphatic carbocycles. The van der Waals surface area contributed by atoms with E-state index in [2.05, 4.69) is 10.3 Å². The molecule has 6 heteroatoms. The van der Waals surface area contributed by atoms with Gasteiger partial charge in [-0.25, -0.2) is 9.78 Å². The highest BCUT2D eigenvalue weighted by atomic mass is 32.1. The van der Waals surface area contributed by atoms with Crippen molar-refractivity contribution in [2.24, 2.45) is 0 Å². The molecule has 1 amide bonds. The summed E-state index contributed by atoms with van der Waals surface area (Å²) >= 11 is 1.53. The van der Waals surface area contributed by atoms with Crippen molar-refractivity contribution in [3.8, 4) is 0 Å². The molecule has 1 heterocycles. The predicted molar refractivity (Wildman–Crippen MR) is 81.9 cm³/mol. The molecule has 0 saturated heterocycles. The lowest BCUT2D eigenvalue weighted by atomic mass is 9.81. The summed E-state index contributed by atoms with van der Waals surface area (Å²) < 4.78 is 4.87. The van der Waals surface area contributed by atoms with Gasteiger partial charge in [0.15, 0.2) is 0 Å². The highest BCUT2D eigenvalue weighted by Gasteiger charge is 2.41. The number of rotatable bonds is 4. The summed E-state index contributed by atoms with van der Waals surface area (Å²) in [6, 6.07) is 0. The number of aromatic nitrogens is 1. The minimum absolute atomic E-state index is 0.284. The third-order valence-electron chi connectivity index (χ3n) is 3.69. The van der Waals surface area contributed by atoms with E-state index >= 15 is 0 Å². The van der Waals surface area contributed by atoms with Crippen LogP contribution in [0.3, 0.4) is 0 Å². The van der Waals surface area contributed by atoms with Crippen LogP contribution in [-0.4, -0.2) is 29.5 Å². The zero-order valence-corrected chi connectivity index (χ0v) is 13.2. The van der Waals surface area contributed by atoms with Gasteiger partial charge in [0.25, 0.3) is 0 Å². The molecule has 1 aliphatic rings. The molecule has 0 spiro atoms. The quantitative estimate of drug-likeness (QED) is 0.685. The van der Waals surface area contributed by atoms with Gasteiger partial charge in [-0.3, -0.25) is 4.79 Å². The average Bonchev–Trinajstić information content (AvgIpc) is 2.91. The van der Waals surface area contributed by atoms with E-state index in [4.69, 9.17) is 4.74 Å². The van der Waals surface area contributed by atoms with E-state index in [9.17, 15) is 9.59 Å². The smallest absolute Gasteiger partial charge is 0.331 e. The number of carbonyl (C=O) groups is 2. The lowest BCUT2D eigenvalue weighted by Gasteiger charge is -2.34. The predicted octanol–water partition coefficient (Wildman–Crippen LogP) is 2.46. The van der Waals surface area contributed by atoms with E-state index in [1.54, 1.807) is 6.08 Å². The van der Waals surface area contributed by atoms with Crippen LogP contribution in [0, 0.1) is 6.92 Å². The van der Waals surface area contributed by atoms with Crippen LogP contribution >= 0.6 is 11.3 Å². The van der Waals surface area contributed by atoms with Gasteiger partial charge in [0.2, 0.25) is 5.91 Å². The molecule has 1 aromatic rings. The van der Waals surface area contributed by atoms with Crippen molar-refractivity contribution >= 4 is 29.3 Å². The van der Waals surface area contributed by atoms with Gasteiger partial charge >= 0.3 is 5.97 Å². The van der Waals surface area contributed by atoms with Crippen LogP contribution in [0.15, 0.2) is 11.5 Å². The molecular weight excluding hydrogens is 288 g/mol. The van der Waals surface area contributed by atoms with E-state index in [1.165, 1.54) is 24.5 Å². The summed E-state index contributed by atoms with van der Waals surface area (Å²) in [6.07, 6.45) is 7.28. The average molecular weight is 308 g/mol. The number of thiazole rings is 1. The minimum atomic E-state index is -0.869. The largest absolute Gasteiger partial charge is 0.467 e. The Kier molecular flexibility index (Phi) is 5.12. The van der Waals surface area contributed by atoms with Gasteiger partial charge in [-0.1, -0.05) is 19.3 Å². The zero-order chi connectivity index (χ0) is 15.3. The standard InChI is InChI=1S/C15H20N2O3S/c1-11-16-12(10-21-11)6-7-13(18)17-15(14(19)20-2)8-4-3-5-9-15/h6-7,10H,3-5,8-9H2,1-2H3,(H,17,18)/b7-6+. The van der Waals surface area contributed by atoms with Crippen LogP contribution in [0.1, 0.15) is 42.8 Å².